The van der Waals surface area contributed by atoms with Gasteiger partial charge in [0.15, 0.2) is 0 Å². The third kappa shape index (κ3) is 2.77. The number of halogens is 2. The molecule has 2 rings (SSSR count). The first-order valence-corrected chi connectivity index (χ1v) is 6.58. The molecule has 90 valence electrons. The summed E-state index contributed by atoms with van der Waals surface area (Å²) in [4.78, 5) is 0. The third-order valence-corrected chi connectivity index (χ3v) is 4.68. The van der Waals surface area contributed by atoms with E-state index in [9.17, 15) is 17.2 Å². The van der Waals surface area contributed by atoms with Gasteiger partial charge >= 0.3 is 44.9 Å². The van der Waals surface area contributed by atoms with Crippen molar-refractivity contribution in [2.75, 3.05) is 0 Å². The van der Waals surface area contributed by atoms with E-state index in [4.69, 9.17) is 4.55 Å². The molecule has 0 aromatic heterocycles. The zero-order valence-electron chi connectivity index (χ0n) is 8.20. The second-order valence-electron chi connectivity index (χ2n) is 4.75. The van der Waals surface area contributed by atoms with Crippen molar-refractivity contribution in [3.8, 4) is 0 Å². The first-order valence-electron chi connectivity index (χ1n) is 5.14. The molecule has 2 aliphatic rings. The number of alkyl halides is 2. The normalized spacial score (nSPS) is 33.8. The SMILES string of the molecule is O=S(=O)(O)C(F)(F)CC1CC2CCC1C2.[NaH]. The van der Waals surface area contributed by atoms with E-state index in [1.807, 2.05) is 0 Å². The zero-order chi connectivity index (χ0) is 11.3. The summed E-state index contributed by atoms with van der Waals surface area (Å²) in [5.41, 5.74) is 0. The second kappa shape index (κ2) is 4.80. The van der Waals surface area contributed by atoms with Crippen LogP contribution in [-0.4, -0.2) is 47.8 Å². The van der Waals surface area contributed by atoms with Gasteiger partial charge in [0.1, 0.15) is 0 Å². The molecule has 1 N–H and O–H groups in total. The fourth-order valence-corrected chi connectivity index (χ4v) is 3.46. The molecule has 0 saturated heterocycles. The van der Waals surface area contributed by atoms with Crippen molar-refractivity contribution in [3.63, 3.8) is 0 Å². The van der Waals surface area contributed by atoms with E-state index in [1.165, 1.54) is 0 Å². The quantitative estimate of drug-likeness (QED) is 0.623. The minimum atomic E-state index is -5.24. The average molecular weight is 264 g/mol. The average Bonchev–Trinajstić information content (AvgIpc) is 2.61. The Morgan fingerprint density at radius 3 is 2.25 bits per heavy atom. The van der Waals surface area contributed by atoms with Crippen LogP contribution >= 0.6 is 0 Å². The van der Waals surface area contributed by atoms with E-state index < -0.39 is 21.8 Å². The number of rotatable bonds is 3. The maximum absolute atomic E-state index is 13.1. The molecular weight excluding hydrogens is 249 g/mol. The molecule has 2 saturated carbocycles. The summed E-state index contributed by atoms with van der Waals surface area (Å²) in [6, 6.07) is 0. The maximum atomic E-state index is 13.1. The van der Waals surface area contributed by atoms with Gasteiger partial charge in [0.2, 0.25) is 0 Å². The van der Waals surface area contributed by atoms with Gasteiger partial charge in [0, 0.05) is 6.42 Å². The van der Waals surface area contributed by atoms with Crippen LogP contribution in [0.25, 0.3) is 0 Å². The Morgan fingerprint density at radius 2 is 1.88 bits per heavy atom. The fourth-order valence-electron chi connectivity index (χ4n) is 3.04. The van der Waals surface area contributed by atoms with Crippen molar-refractivity contribution in [1.82, 2.24) is 0 Å². The summed E-state index contributed by atoms with van der Waals surface area (Å²) in [5.74, 6) is 0.500. The van der Waals surface area contributed by atoms with Crippen LogP contribution in [0, 0.1) is 17.8 Å². The standard InChI is InChI=1S/C9H14F2O3S.Na.H/c10-9(11,15(12,13)14)5-8-4-6-1-2-7(8)3-6;;/h6-8H,1-5H2,(H,12,13,14);;. The van der Waals surface area contributed by atoms with Crippen molar-refractivity contribution in [1.29, 1.82) is 0 Å². The van der Waals surface area contributed by atoms with Crippen LogP contribution in [0.5, 0.6) is 0 Å². The molecule has 16 heavy (non-hydrogen) atoms. The summed E-state index contributed by atoms with van der Waals surface area (Å²) in [6.45, 7) is 0. The van der Waals surface area contributed by atoms with Gasteiger partial charge in [-0.25, -0.2) is 0 Å². The van der Waals surface area contributed by atoms with E-state index in [0.717, 1.165) is 19.3 Å². The van der Waals surface area contributed by atoms with Crippen LogP contribution in [0.1, 0.15) is 32.1 Å². The van der Waals surface area contributed by atoms with E-state index in [2.05, 4.69) is 0 Å². The molecule has 2 aliphatic carbocycles. The van der Waals surface area contributed by atoms with Crippen molar-refractivity contribution in [3.05, 3.63) is 0 Å². The Hall–Kier alpha value is 0.770. The molecule has 0 aromatic carbocycles. The predicted octanol–water partition coefficient (Wildman–Crippen LogP) is 1.64. The molecule has 3 nitrogen and oxygen atoms in total. The van der Waals surface area contributed by atoms with Gasteiger partial charge in [-0.3, -0.25) is 4.55 Å². The molecular formula is C9H15F2NaO3S. The minimum absolute atomic E-state index is 0. The first kappa shape index (κ1) is 14.8. The fraction of sp³-hybridized carbons (Fsp3) is 1.00. The van der Waals surface area contributed by atoms with Gasteiger partial charge in [-0.1, -0.05) is 6.42 Å². The van der Waals surface area contributed by atoms with Crippen molar-refractivity contribution in [2.45, 2.75) is 37.4 Å². The van der Waals surface area contributed by atoms with Gasteiger partial charge in [0.05, 0.1) is 0 Å². The summed E-state index contributed by atoms with van der Waals surface area (Å²) >= 11 is 0. The molecule has 3 unspecified atom stereocenters. The van der Waals surface area contributed by atoms with E-state index in [0.29, 0.717) is 12.3 Å². The Balaban J connectivity index is 0.00000128. The van der Waals surface area contributed by atoms with Crippen LogP contribution in [0.2, 0.25) is 0 Å². The van der Waals surface area contributed by atoms with Crippen molar-refractivity contribution < 1.29 is 21.8 Å². The first-order chi connectivity index (χ1) is 6.79. The molecule has 0 amide bonds. The van der Waals surface area contributed by atoms with Gasteiger partial charge in [0.25, 0.3) is 0 Å². The molecule has 7 heteroatoms. The summed E-state index contributed by atoms with van der Waals surface area (Å²) in [5, 5.41) is -3.97. The summed E-state index contributed by atoms with van der Waals surface area (Å²) in [7, 11) is -5.24. The molecule has 0 heterocycles. The second-order valence-corrected chi connectivity index (χ2v) is 6.30. The van der Waals surface area contributed by atoms with Crippen LogP contribution in [-0.2, 0) is 10.1 Å². The Kier molecular flexibility index (Phi) is 4.45. The molecule has 0 radical (unpaired) electrons. The van der Waals surface area contributed by atoms with Gasteiger partial charge in [-0.15, -0.1) is 0 Å². The van der Waals surface area contributed by atoms with Crippen LogP contribution in [0.4, 0.5) is 8.78 Å². The summed E-state index contributed by atoms with van der Waals surface area (Å²) in [6.07, 6.45) is 2.94. The van der Waals surface area contributed by atoms with E-state index in [-0.39, 0.29) is 41.4 Å². The van der Waals surface area contributed by atoms with Gasteiger partial charge in [-0.2, -0.15) is 17.2 Å². The number of fused-ring (bicyclic) bond motifs is 2. The van der Waals surface area contributed by atoms with Crippen molar-refractivity contribution >= 4 is 39.7 Å². The van der Waals surface area contributed by atoms with E-state index >= 15 is 0 Å². The topological polar surface area (TPSA) is 54.4 Å². The van der Waals surface area contributed by atoms with Crippen LogP contribution in [0.15, 0.2) is 0 Å². The number of hydrogen-bond acceptors (Lipinski definition) is 2. The van der Waals surface area contributed by atoms with Crippen LogP contribution < -0.4 is 0 Å². The molecule has 0 aromatic rings. The van der Waals surface area contributed by atoms with E-state index in [1.54, 1.807) is 0 Å². The Labute approximate surface area is 116 Å². The Morgan fingerprint density at radius 1 is 1.25 bits per heavy atom. The molecule has 2 fully saturated rings. The molecule has 2 bridgehead atoms. The van der Waals surface area contributed by atoms with Gasteiger partial charge < -0.3 is 0 Å². The molecule has 0 spiro atoms. The third-order valence-electron chi connectivity index (χ3n) is 3.76. The van der Waals surface area contributed by atoms with Gasteiger partial charge in [-0.05, 0) is 37.0 Å². The van der Waals surface area contributed by atoms with Crippen molar-refractivity contribution in [2.24, 2.45) is 17.8 Å². The monoisotopic (exact) mass is 264 g/mol. The van der Waals surface area contributed by atoms with Crippen LogP contribution in [0.3, 0.4) is 0 Å². The molecule has 0 aliphatic heterocycles. The number of hydrogen-bond donors (Lipinski definition) is 1. The predicted molar refractivity (Wildman–Crippen MR) is 57.2 cm³/mol. The molecule has 3 atom stereocenters. The zero-order valence-corrected chi connectivity index (χ0v) is 9.01. The summed E-state index contributed by atoms with van der Waals surface area (Å²) < 4.78 is 55.4. The Bertz CT molecular complexity index is 358.